The van der Waals surface area contributed by atoms with E-state index in [0.29, 0.717) is 5.56 Å². The van der Waals surface area contributed by atoms with Crippen LogP contribution >= 0.6 is 0 Å². The third-order valence-corrected chi connectivity index (χ3v) is 4.78. The lowest BCUT2D eigenvalue weighted by molar-refractivity contribution is -0.384. The Kier molecular flexibility index (Phi) is 5.46. The van der Waals surface area contributed by atoms with Gasteiger partial charge in [-0.05, 0) is 17.0 Å². The molecule has 0 bridgehead atoms. The maximum absolute atomic E-state index is 12.1. The molecule has 23 heavy (non-hydrogen) atoms. The van der Waals surface area contributed by atoms with Crippen molar-refractivity contribution in [2.45, 2.75) is 18.6 Å². The molecule has 122 valence electrons. The first kappa shape index (κ1) is 17.1. The normalized spacial score (nSPS) is 12.7. The molecule has 0 saturated heterocycles. The van der Waals surface area contributed by atoms with E-state index in [4.69, 9.17) is 0 Å². The number of hydrogen-bond acceptors (Lipinski definition) is 4. The minimum Gasteiger partial charge on any atom is -0.258 e. The van der Waals surface area contributed by atoms with E-state index in [1.54, 1.807) is 6.07 Å². The summed E-state index contributed by atoms with van der Waals surface area (Å²) in [6, 6.07) is 15.3. The zero-order chi connectivity index (χ0) is 16.9. The molecule has 0 aliphatic carbocycles. The molecule has 2 aromatic rings. The lowest BCUT2D eigenvalue weighted by atomic mass is 10.0. The summed E-state index contributed by atoms with van der Waals surface area (Å²) in [7, 11) is -3.55. The summed E-state index contributed by atoms with van der Waals surface area (Å²) in [6.07, 6.45) is 0. The minimum atomic E-state index is -3.55. The minimum absolute atomic E-state index is 0.0380. The van der Waals surface area contributed by atoms with Gasteiger partial charge >= 0.3 is 0 Å². The monoisotopic (exact) mass is 334 g/mol. The van der Waals surface area contributed by atoms with Crippen LogP contribution in [0.2, 0.25) is 0 Å². The molecule has 1 atom stereocenters. The van der Waals surface area contributed by atoms with Crippen LogP contribution in [0.1, 0.15) is 24.0 Å². The van der Waals surface area contributed by atoms with E-state index in [0.717, 1.165) is 5.56 Å². The standard InChI is InChI=1S/C16H18N2O4S/c1-13(15-7-3-2-4-8-15)11-17-23(21,22)12-14-6-5-9-16(10-14)18(19)20/h2-10,13,17H,11-12H2,1H3/t13-/m0/s1. The van der Waals surface area contributed by atoms with Crippen molar-refractivity contribution in [2.24, 2.45) is 0 Å². The summed E-state index contributed by atoms with van der Waals surface area (Å²) in [6.45, 7) is 2.21. The highest BCUT2D eigenvalue weighted by atomic mass is 32.2. The average Bonchev–Trinajstić information content (AvgIpc) is 2.53. The van der Waals surface area contributed by atoms with Crippen LogP contribution in [-0.2, 0) is 15.8 Å². The molecule has 0 aliphatic heterocycles. The summed E-state index contributed by atoms with van der Waals surface area (Å²) in [5.41, 5.74) is 1.32. The van der Waals surface area contributed by atoms with Crippen molar-refractivity contribution in [1.82, 2.24) is 4.72 Å². The molecule has 2 rings (SSSR count). The Balaban J connectivity index is 1.99. The molecule has 0 heterocycles. The van der Waals surface area contributed by atoms with Crippen molar-refractivity contribution in [1.29, 1.82) is 0 Å². The molecule has 0 unspecified atom stereocenters. The number of nitrogens with one attached hydrogen (secondary N) is 1. The number of nitrogens with zero attached hydrogens (tertiary/aromatic N) is 1. The van der Waals surface area contributed by atoms with Crippen LogP contribution < -0.4 is 4.72 Å². The molecule has 0 amide bonds. The van der Waals surface area contributed by atoms with Crippen LogP contribution in [0.15, 0.2) is 54.6 Å². The van der Waals surface area contributed by atoms with Gasteiger partial charge in [0.15, 0.2) is 0 Å². The van der Waals surface area contributed by atoms with E-state index < -0.39 is 14.9 Å². The van der Waals surface area contributed by atoms with Crippen LogP contribution in [0.5, 0.6) is 0 Å². The van der Waals surface area contributed by atoms with E-state index in [1.165, 1.54) is 18.2 Å². The van der Waals surface area contributed by atoms with Gasteiger partial charge in [0, 0.05) is 18.7 Å². The van der Waals surface area contributed by atoms with Crippen molar-refractivity contribution in [3.8, 4) is 0 Å². The van der Waals surface area contributed by atoms with Gasteiger partial charge in [0.1, 0.15) is 0 Å². The summed E-state index contributed by atoms with van der Waals surface area (Å²) >= 11 is 0. The summed E-state index contributed by atoms with van der Waals surface area (Å²) in [5.74, 6) is -0.244. The second kappa shape index (κ2) is 7.34. The molecule has 0 fully saturated rings. The number of benzene rings is 2. The fourth-order valence-electron chi connectivity index (χ4n) is 2.18. The fourth-order valence-corrected chi connectivity index (χ4v) is 3.41. The highest BCUT2D eigenvalue weighted by Crippen LogP contribution is 2.16. The van der Waals surface area contributed by atoms with Gasteiger partial charge in [-0.1, -0.05) is 49.4 Å². The number of hydrogen-bond donors (Lipinski definition) is 1. The number of non-ortho nitro benzene ring substituents is 1. The van der Waals surface area contributed by atoms with E-state index in [1.807, 2.05) is 37.3 Å². The molecule has 0 spiro atoms. The molecule has 1 N–H and O–H groups in total. The Morgan fingerprint density at radius 3 is 2.48 bits per heavy atom. The Labute approximate surface area is 135 Å². The predicted octanol–water partition coefficient (Wildman–Crippen LogP) is 2.82. The molecule has 0 aromatic heterocycles. The van der Waals surface area contributed by atoms with Crippen molar-refractivity contribution >= 4 is 15.7 Å². The Morgan fingerprint density at radius 2 is 1.83 bits per heavy atom. The first-order chi connectivity index (χ1) is 10.9. The van der Waals surface area contributed by atoms with Crippen LogP contribution in [0.4, 0.5) is 5.69 Å². The van der Waals surface area contributed by atoms with Crippen LogP contribution in [-0.4, -0.2) is 19.9 Å². The number of sulfonamides is 1. The third-order valence-electron chi connectivity index (χ3n) is 3.46. The average molecular weight is 334 g/mol. The quantitative estimate of drug-likeness (QED) is 0.623. The lowest BCUT2D eigenvalue weighted by Gasteiger charge is -2.13. The number of nitro groups is 1. The fraction of sp³-hybridized carbons (Fsp3) is 0.250. The second-order valence-electron chi connectivity index (χ2n) is 5.35. The van der Waals surface area contributed by atoms with Crippen molar-refractivity contribution in [3.63, 3.8) is 0 Å². The van der Waals surface area contributed by atoms with Gasteiger partial charge in [-0.2, -0.15) is 0 Å². The van der Waals surface area contributed by atoms with Crippen LogP contribution in [0.3, 0.4) is 0 Å². The SMILES string of the molecule is C[C@@H](CNS(=O)(=O)Cc1cccc([N+](=O)[O-])c1)c1ccccc1. The molecule has 2 aromatic carbocycles. The van der Waals surface area contributed by atoms with Gasteiger partial charge in [-0.25, -0.2) is 13.1 Å². The molecule has 7 heteroatoms. The van der Waals surface area contributed by atoms with E-state index in [2.05, 4.69) is 4.72 Å². The maximum atomic E-state index is 12.1. The van der Waals surface area contributed by atoms with Crippen LogP contribution in [0, 0.1) is 10.1 Å². The van der Waals surface area contributed by atoms with Gasteiger partial charge in [0.05, 0.1) is 10.7 Å². The van der Waals surface area contributed by atoms with Gasteiger partial charge in [-0.15, -0.1) is 0 Å². The molecule has 6 nitrogen and oxygen atoms in total. The van der Waals surface area contributed by atoms with Gasteiger partial charge in [0.25, 0.3) is 5.69 Å². The summed E-state index contributed by atoms with van der Waals surface area (Å²) in [5, 5.41) is 10.7. The lowest BCUT2D eigenvalue weighted by Crippen LogP contribution is -2.28. The molecule has 0 aliphatic rings. The Hall–Kier alpha value is -2.25. The largest absolute Gasteiger partial charge is 0.269 e. The Bertz CT molecular complexity index is 776. The second-order valence-corrected chi connectivity index (χ2v) is 7.15. The molecular formula is C16H18N2O4S. The molecular weight excluding hydrogens is 316 g/mol. The smallest absolute Gasteiger partial charge is 0.258 e. The van der Waals surface area contributed by atoms with Crippen molar-refractivity contribution in [3.05, 3.63) is 75.8 Å². The highest BCUT2D eigenvalue weighted by Gasteiger charge is 2.15. The van der Waals surface area contributed by atoms with Crippen molar-refractivity contribution < 1.29 is 13.3 Å². The predicted molar refractivity (Wildman–Crippen MR) is 88.6 cm³/mol. The maximum Gasteiger partial charge on any atom is 0.269 e. The Morgan fingerprint density at radius 1 is 1.13 bits per heavy atom. The van der Waals surface area contributed by atoms with E-state index in [-0.39, 0.29) is 23.9 Å². The molecule has 0 radical (unpaired) electrons. The molecule has 0 saturated carbocycles. The number of rotatable bonds is 7. The summed E-state index contributed by atoms with van der Waals surface area (Å²) in [4.78, 5) is 10.2. The zero-order valence-electron chi connectivity index (χ0n) is 12.7. The van der Waals surface area contributed by atoms with E-state index in [9.17, 15) is 18.5 Å². The van der Waals surface area contributed by atoms with Crippen LogP contribution in [0.25, 0.3) is 0 Å². The zero-order valence-corrected chi connectivity index (χ0v) is 13.5. The first-order valence-corrected chi connectivity index (χ1v) is 8.78. The highest BCUT2D eigenvalue weighted by molar-refractivity contribution is 7.88. The number of nitro benzene ring substituents is 1. The topological polar surface area (TPSA) is 89.3 Å². The van der Waals surface area contributed by atoms with Gasteiger partial charge in [0.2, 0.25) is 10.0 Å². The third kappa shape index (κ3) is 5.15. The summed E-state index contributed by atoms with van der Waals surface area (Å²) < 4.78 is 26.8. The first-order valence-electron chi connectivity index (χ1n) is 7.13. The van der Waals surface area contributed by atoms with Gasteiger partial charge in [-0.3, -0.25) is 10.1 Å². The van der Waals surface area contributed by atoms with E-state index >= 15 is 0 Å². The van der Waals surface area contributed by atoms with Gasteiger partial charge < -0.3 is 0 Å². The van der Waals surface area contributed by atoms with Crippen molar-refractivity contribution in [2.75, 3.05) is 6.54 Å².